The van der Waals surface area contributed by atoms with Crippen molar-refractivity contribution >= 4 is 23.2 Å². The molecule has 1 fully saturated rings. The number of fused-ring (bicyclic) bond motifs is 1. The van der Waals surface area contributed by atoms with E-state index in [4.69, 9.17) is 9.84 Å². The van der Waals surface area contributed by atoms with Crippen molar-refractivity contribution in [3.8, 4) is 0 Å². The molecule has 38 heavy (non-hydrogen) atoms. The Bertz CT molecular complexity index is 1200. The highest BCUT2D eigenvalue weighted by Gasteiger charge is 2.49. The number of anilines is 2. The zero-order valence-electron chi connectivity index (χ0n) is 20.5. The first-order valence-electron chi connectivity index (χ1n) is 12.1. The standard InChI is InChI=1S/C24H31N5O9/c1-12(4-2-3-8-29-11-14(7-9-30)27-28-29)24(37)15-10-13(5-6-16(15)26-23(24)36)25-21(34)20-18(32)17(31)19(33)22(35)38-20/h2,4-6,10-12,17-20,22,30-33,35,37H,3,7-9H2,1H3,(H,25,34)(H,26,36)/b4-2+/t12-,17+,18+,19-,20+,22-,24+/m1/s1. The van der Waals surface area contributed by atoms with Crippen LogP contribution in [0.4, 0.5) is 11.4 Å². The zero-order valence-corrected chi connectivity index (χ0v) is 20.5. The van der Waals surface area contributed by atoms with Crippen LogP contribution in [0.5, 0.6) is 0 Å². The predicted octanol–water partition coefficient (Wildman–Crippen LogP) is -2.03. The molecule has 0 bridgehead atoms. The van der Waals surface area contributed by atoms with Gasteiger partial charge in [-0.15, -0.1) is 5.10 Å². The van der Waals surface area contributed by atoms with Crippen LogP contribution in [0.25, 0.3) is 0 Å². The number of allylic oxidation sites excluding steroid dienone is 1. The van der Waals surface area contributed by atoms with Crippen molar-refractivity contribution in [2.75, 3.05) is 17.2 Å². The van der Waals surface area contributed by atoms with Crippen LogP contribution in [0.15, 0.2) is 36.5 Å². The molecule has 7 atom stereocenters. The van der Waals surface area contributed by atoms with E-state index in [-0.39, 0.29) is 17.9 Å². The van der Waals surface area contributed by atoms with Gasteiger partial charge >= 0.3 is 0 Å². The van der Waals surface area contributed by atoms with Gasteiger partial charge in [-0.05, 0) is 24.6 Å². The highest BCUT2D eigenvalue weighted by Crippen LogP contribution is 2.43. The molecule has 0 aliphatic carbocycles. The largest absolute Gasteiger partial charge is 0.396 e. The zero-order chi connectivity index (χ0) is 27.6. The highest BCUT2D eigenvalue weighted by molar-refractivity contribution is 6.06. The first-order valence-corrected chi connectivity index (χ1v) is 12.1. The molecule has 2 aliphatic heterocycles. The maximum atomic E-state index is 12.8. The second kappa shape index (κ2) is 11.2. The van der Waals surface area contributed by atoms with Crippen LogP contribution in [-0.4, -0.2) is 94.8 Å². The lowest BCUT2D eigenvalue weighted by Gasteiger charge is -2.37. The summed E-state index contributed by atoms with van der Waals surface area (Å²) >= 11 is 0. The summed E-state index contributed by atoms with van der Waals surface area (Å²) < 4.78 is 6.57. The lowest BCUT2D eigenvalue weighted by Crippen LogP contribution is -2.60. The predicted molar refractivity (Wildman–Crippen MR) is 130 cm³/mol. The Morgan fingerprint density at radius 1 is 1.26 bits per heavy atom. The summed E-state index contributed by atoms with van der Waals surface area (Å²) in [6, 6.07) is 4.37. The molecule has 1 aromatic heterocycles. The monoisotopic (exact) mass is 533 g/mol. The minimum atomic E-state index is -1.94. The Hall–Kier alpha value is -3.24. The van der Waals surface area contributed by atoms with Crippen LogP contribution in [-0.2, 0) is 32.9 Å². The average molecular weight is 534 g/mol. The number of nitrogens with one attached hydrogen (secondary N) is 2. The molecule has 1 aromatic carbocycles. The molecule has 2 aromatic rings. The van der Waals surface area contributed by atoms with Crippen LogP contribution in [0.2, 0.25) is 0 Å². The van der Waals surface area contributed by atoms with E-state index < -0.39 is 54.0 Å². The number of aryl methyl sites for hydroxylation is 1. The number of amides is 2. The number of ether oxygens (including phenoxy) is 1. The van der Waals surface area contributed by atoms with Gasteiger partial charge in [-0.1, -0.05) is 24.3 Å². The first-order chi connectivity index (χ1) is 18.1. The fourth-order valence-electron chi connectivity index (χ4n) is 4.45. The molecule has 8 N–H and O–H groups in total. The summed E-state index contributed by atoms with van der Waals surface area (Å²) in [5.41, 5.74) is -0.516. The van der Waals surface area contributed by atoms with Gasteiger partial charge in [0.15, 0.2) is 18.0 Å². The van der Waals surface area contributed by atoms with E-state index in [1.54, 1.807) is 30.0 Å². The van der Waals surface area contributed by atoms with Crippen molar-refractivity contribution in [1.82, 2.24) is 15.0 Å². The molecule has 0 spiro atoms. The van der Waals surface area contributed by atoms with Crippen molar-refractivity contribution in [3.05, 3.63) is 47.8 Å². The van der Waals surface area contributed by atoms with E-state index in [1.807, 2.05) is 0 Å². The van der Waals surface area contributed by atoms with Crippen molar-refractivity contribution < 1.29 is 45.0 Å². The normalized spacial score (nSPS) is 29.8. The molecule has 206 valence electrons. The van der Waals surface area contributed by atoms with Gasteiger partial charge in [0.25, 0.3) is 11.8 Å². The van der Waals surface area contributed by atoms with Crippen LogP contribution < -0.4 is 10.6 Å². The van der Waals surface area contributed by atoms with Gasteiger partial charge in [-0.2, -0.15) is 0 Å². The summed E-state index contributed by atoms with van der Waals surface area (Å²) in [5, 5.41) is 72.6. The van der Waals surface area contributed by atoms with Gasteiger partial charge in [0, 0.05) is 48.6 Å². The molecule has 1 saturated heterocycles. The van der Waals surface area contributed by atoms with Gasteiger partial charge in [0.2, 0.25) is 0 Å². The number of carbonyl (C=O) groups excluding carboxylic acids is 2. The van der Waals surface area contributed by atoms with E-state index in [0.717, 1.165) is 0 Å². The lowest BCUT2D eigenvalue weighted by molar-refractivity contribution is -0.274. The number of hydrogen-bond acceptors (Lipinski definition) is 11. The highest BCUT2D eigenvalue weighted by atomic mass is 16.6. The van der Waals surface area contributed by atoms with E-state index in [0.29, 0.717) is 30.8 Å². The Balaban J connectivity index is 1.44. The molecular formula is C24H31N5O9. The van der Waals surface area contributed by atoms with E-state index in [1.165, 1.54) is 18.2 Å². The first kappa shape index (κ1) is 27.8. The average Bonchev–Trinajstić information content (AvgIpc) is 3.44. The van der Waals surface area contributed by atoms with Crippen molar-refractivity contribution in [2.45, 2.75) is 62.6 Å². The molecule has 14 heteroatoms. The van der Waals surface area contributed by atoms with Gasteiger partial charge < -0.3 is 46.0 Å². The third-order valence-electron chi connectivity index (χ3n) is 6.70. The number of hydrogen-bond donors (Lipinski definition) is 8. The van der Waals surface area contributed by atoms with Gasteiger partial charge in [0.05, 0.1) is 5.69 Å². The molecule has 2 aliphatic rings. The van der Waals surface area contributed by atoms with E-state index in [2.05, 4.69) is 20.9 Å². The summed E-state index contributed by atoms with van der Waals surface area (Å²) in [5.74, 6) is -2.21. The van der Waals surface area contributed by atoms with Crippen molar-refractivity contribution in [3.63, 3.8) is 0 Å². The third kappa shape index (κ3) is 5.33. The fourth-order valence-corrected chi connectivity index (χ4v) is 4.45. The van der Waals surface area contributed by atoms with Crippen LogP contribution >= 0.6 is 0 Å². The Labute approximate surface area is 217 Å². The Morgan fingerprint density at radius 2 is 2.03 bits per heavy atom. The van der Waals surface area contributed by atoms with Crippen LogP contribution in [0.1, 0.15) is 24.6 Å². The summed E-state index contributed by atoms with van der Waals surface area (Å²) in [6.45, 7) is 2.16. The quantitative estimate of drug-likeness (QED) is 0.164. The maximum Gasteiger partial charge on any atom is 0.261 e. The SMILES string of the molecule is C[C@H](/C=C/CCn1cc(CCO)nn1)[C@@]1(O)C(=O)Nc2ccc(NC(=O)[C@H]3O[C@@H](O)[C@H](O)[C@@H](O)[C@@H]3O)cc21. The van der Waals surface area contributed by atoms with Crippen molar-refractivity contribution in [1.29, 1.82) is 0 Å². The number of carbonyl (C=O) groups is 2. The molecule has 4 rings (SSSR count). The number of aliphatic hydroxyl groups excluding tert-OH is 5. The molecule has 2 amide bonds. The number of benzene rings is 1. The summed E-state index contributed by atoms with van der Waals surface area (Å²) in [6.07, 6.45) is -2.74. The van der Waals surface area contributed by atoms with E-state index in [9.17, 15) is 35.1 Å². The number of nitrogens with zero attached hydrogens (tertiary/aromatic N) is 3. The number of aromatic nitrogens is 3. The molecular weight excluding hydrogens is 502 g/mol. The Morgan fingerprint density at radius 3 is 2.76 bits per heavy atom. The summed E-state index contributed by atoms with van der Waals surface area (Å²) in [7, 11) is 0. The maximum absolute atomic E-state index is 12.8. The topological polar surface area (TPSA) is 220 Å². The van der Waals surface area contributed by atoms with Gasteiger partial charge in [0.1, 0.15) is 18.3 Å². The third-order valence-corrected chi connectivity index (χ3v) is 6.70. The van der Waals surface area contributed by atoms with E-state index >= 15 is 0 Å². The second-order valence-electron chi connectivity index (χ2n) is 9.34. The molecule has 14 nitrogen and oxygen atoms in total. The molecule has 0 radical (unpaired) electrons. The minimum Gasteiger partial charge on any atom is -0.396 e. The lowest BCUT2D eigenvalue weighted by atomic mass is 9.82. The Kier molecular flexibility index (Phi) is 8.22. The van der Waals surface area contributed by atoms with Crippen LogP contribution in [0.3, 0.4) is 0 Å². The van der Waals surface area contributed by atoms with Gasteiger partial charge in [-0.25, -0.2) is 0 Å². The molecule has 3 heterocycles. The van der Waals surface area contributed by atoms with Gasteiger partial charge in [-0.3, -0.25) is 14.3 Å². The molecule has 0 unspecified atom stereocenters. The minimum absolute atomic E-state index is 0.0175. The number of rotatable bonds is 9. The van der Waals surface area contributed by atoms with Crippen molar-refractivity contribution in [2.24, 2.45) is 5.92 Å². The van der Waals surface area contributed by atoms with Crippen LogP contribution in [0, 0.1) is 5.92 Å². The summed E-state index contributed by atoms with van der Waals surface area (Å²) in [4.78, 5) is 25.5. The second-order valence-corrected chi connectivity index (χ2v) is 9.34. The number of aliphatic hydroxyl groups is 6. The fraction of sp³-hybridized carbons (Fsp3) is 0.500. The molecule has 0 saturated carbocycles. The smallest absolute Gasteiger partial charge is 0.261 e.